The molecular formula is C16H12Cl3NO3. The van der Waals surface area contributed by atoms with Gasteiger partial charge in [-0.2, -0.15) is 0 Å². The van der Waals surface area contributed by atoms with Crippen LogP contribution in [0, 0.1) is 6.92 Å². The second kappa shape index (κ2) is 7.30. The van der Waals surface area contributed by atoms with E-state index in [1.54, 1.807) is 24.3 Å². The van der Waals surface area contributed by atoms with Crippen LogP contribution in [-0.2, 0) is 4.74 Å². The fraction of sp³-hybridized carbons (Fsp3) is 0.188. The third-order valence-electron chi connectivity index (χ3n) is 3.10. The van der Waals surface area contributed by atoms with Crippen molar-refractivity contribution < 1.29 is 14.3 Å². The van der Waals surface area contributed by atoms with Gasteiger partial charge in [0.15, 0.2) is 11.8 Å². The first kappa shape index (κ1) is 17.7. The fourth-order valence-electron chi connectivity index (χ4n) is 1.81. The van der Waals surface area contributed by atoms with Gasteiger partial charge in [-0.25, -0.2) is 9.78 Å². The first-order chi connectivity index (χ1) is 10.8. The van der Waals surface area contributed by atoms with Gasteiger partial charge >= 0.3 is 5.97 Å². The number of carbonyl (C=O) groups is 2. The number of aromatic nitrogens is 1. The Morgan fingerprint density at radius 1 is 1.09 bits per heavy atom. The molecule has 0 aliphatic rings. The average molecular weight is 373 g/mol. The molecule has 0 saturated heterocycles. The molecule has 1 heterocycles. The van der Waals surface area contributed by atoms with Gasteiger partial charge in [0.25, 0.3) is 0 Å². The van der Waals surface area contributed by atoms with Crippen LogP contribution in [-0.4, -0.2) is 22.8 Å². The zero-order chi connectivity index (χ0) is 17.1. The van der Waals surface area contributed by atoms with Crippen LogP contribution < -0.4 is 0 Å². The lowest BCUT2D eigenvalue weighted by atomic mass is 10.1. The van der Waals surface area contributed by atoms with Crippen molar-refractivity contribution in [3.63, 3.8) is 0 Å². The molecule has 0 unspecified atom stereocenters. The Bertz CT molecular complexity index is 760. The Morgan fingerprint density at radius 2 is 1.70 bits per heavy atom. The van der Waals surface area contributed by atoms with Gasteiger partial charge in [-0.3, -0.25) is 4.79 Å². The van der Waals surface area contributed by atoms with E-state index in [1.165, 1.54) is 13.1 Å². The summed E-state index contributed by atoms with van der Waals surface area (Å²) in [6.07, 6.45) is 0.205. The summed E-state index contributed by atoms with van der Waals surface area (Å²) in [6.45, 7) is 3.39. The van der Waals surface area contributed by atoms with E-state index < -0.39 is 12.1 Å². The number of ether oxygens (including phenoxy) is 1. The number of pyridine rings is 1. The molecule has 2 aromatic rings. The largest absolute Gasteiger partial charge is 0.449 e. The van der Waals surface area contributed by atoms with E-state index in [1.807, 2.05) is 6.92 Å². The lowest BCUT2D eigenvalue weighted by molar-refractivity contribution is 0.0313. The Kier molecular flexibility index (Phi) is 5.63. The highest BCUT2D eigenvalue weighted by molar-refractivity contribution is 6.48. The van der Waals surface area contributed by atoms with Crippen LogP contribution in [0.15, 0.2) is 30.5 Å². The van der Waals surface area contributed by atoms with Crippen molar-refractivity contribution in [2.45, 2.75) is 20.0 Å². The maximum absolute atomic E-state index is 12.3. The highest BCUT2D eigenvalue weighted by Crippen LogP contribution is 2.31. The van der Waals surface area contributed by atoms with Crippen LogP contribution in [0.25, 0.3) is 0 Å². The van der Waals surface area contributed by atoms with Crippen LogP contribution >= 0.6 is 34.8 Å². The molecule has 7 heteroatoms. The van der Waals surface area contributed by atoms with Gasteiger partial charge in [-0.15, -0.1) is 0 Å². The van der Waals surface area contributed by atoms with Crippen LogP contribution in [0.3, 0.4) is 0 Å². The highest BCUT2D eigenvalue weighted by Gasteiger charge is 2.24. The fourth-order valence-corrected chi connectivity index (χ4v) is 2.37. The topological polar surface area (TPSA) is 56.3 Å². The lowest BCUT2D eigenvalue weighted by Gasteiger charge is -2.13. The Morgan fingerprint density at radius 3 is 2.30 bits per heavy atom. The number of aryl methyl sites for hydroxylation is 1. The Balaban J connectivity index is 2.15. The minimum atomic E-state index is -0.988. The molecule has 1 aromatic heterocycles. The maximum Gasteiger partial charge on any atom is 0.359 e. The van der Waals surface area contributed by atoms with Gasteiger partial charge < -0.3 is 4.74 Å². The summed E-state index contributed by atoms with van der Waals surface area (Å²) in [4.78, 5) is 28.2. The van der Waals surface area contributed by atoms with Gasteiger partial charge in [-0.1, -0.05) is 64.6 Å². The van der Waals surface area contributed by atoms with Crippen LogP contribution in [0.2, 0.25) is 15.1 Å². The second-order valence-electron chi connectivity index (χ2n) is 4.86. The summed E-state index contributed by atoms with van der Waals surface area (Å²) in [6, 6.07) is 6.96. The predicted molar refractivity (Wildman–Crippen MR) is 89.7 cm³/mol. The van der Waals surface area contributed by atoms with Crippen molar-refractivity contribution in [1.29, 1.82) is 0 Å². The summed E-state index contributed by atoms with van der Waals surface area (Å²) in [5.74, 6) is -1.17. The molecule has 0 amide bonds. The number of hydrogen-bond acceptors (Lipinski definition) is 4. The number of carbonyl (C=O) groups excluding carboxylic acids is 2. The number of esters is 1. The molecule has 0 N–H and O–H groups in total. The van der Waals surface area contributed by atoms with E-state index in [0.717, 1.165) is 5.56 Å². The number of benzene rings is 1. The highest BCUT2D eigenvalue weighted by atomic mass is 35.5. The summed E-state index contributed by atoms with van der Waals surface area (Å²) in [5.41, 5.74) is 1.28. The van der Waals surface area contributed by atoms with Gasteiger partial charge in [0.05, 0.1) is 15.1 Å². The van der Waals surface area contributed by atoms with Gasteiger partial charge in [0.2, 0.25) is 5.78 Å². The second-order valence-corrected chi connectivity index (χ2v) is 6.02. The number of halogens is 3. The lowest BCUT2D eigenvalue weighted by Crippen LogP contribution is -2.25. The number of rotatable bonds is 4. The number of hydrogen-bond donors (Lipinski definition) is 0. The third kappa shape index (κ3) is 4.02. The van der Waals surface area contributed by atoms with E-state index >= 15 is 0 Å². The van der Waals surface area contributed by atoms with Crippen LogP contribution in [0.4, 0.5) is 0 Å². The monoisotopic (exact) mass is 371 g/mol. The SMILES string of the molecule is Cc1ccc(C(=O)[C@@H](C)OC(=O)c2ncc(Cl)c(Cl)c2Cl)cc1. The van der Waals surface area contributed by atoms with Crippen molar-refractivity contribution >= 4 is 46.6 Å². The molecule has 0 spiro atoms. The smallest absolute Gasteiger partial charge is 0.359 e. The standard InChI is InChI=1S/C16H12Cl3NO3/c1-8-3-5-10(6-4-8)15(21)9(2)23-16(22)14-13(19)12(18)11(17)7-20-14/h3-7,9H,1-2H3/t9-/m1/s1. The average Bonchev–Trinajstić information content (AvgIpc) is 2.52. The van der Waals surface area contributed by atoms with E-state index in [2.05, 4.69) is 4.98 Å². The first-order valence-electron chi connectivity index (χ1n) is 6.62. The molecule has 120 valence electrons. The zero-order valence-corrected chi connectivity index (χ0v) is 14.5. The Hall–Kier alpha value is -1.62. The third-order valence-corrected chi connectivity index (χ3v) is 4.34. The summed E-state index contributed by atoms with van der Waals surface area (Å²) in [7, 11) is 0. The van der Waals surface area contributed by atoms with Gasteiger partial charge in [0, 0.05) is 11.8 Å². The molecule has 23 heavy (non-hydrogen) atoms. The van der Waals surface area contributed by atoms with Gasteiger partial charge in [-0.05, 0) is 13.8 Å². The summed E-state index contributed by atoms with van der Waals surface area (Å²) >= 11 is 17.5. The minimum absolute atomic E-state index is 0.00722. The van der Waals surface area contributed by atoms with E-state index in [9.17, 15) is 9.59 Å². The molecule has 1 atom stereocenters. The molecule has 0 aliphatic carbocycles. The zero-order valence-electron chi connectivity index (χ0n) is 12.3. The molecule has 0 aliphatic heterocycles. The maximum atomic E-state index is 12.3. The number of Topliss-reactive ketones (excluding diaryl/α,β-unsaturated/α-hetero) is 1. The van der Waals surface area contributed by atoms with Crippen molar-refractivity contribution in [2.24, 2.45) is 0 Å². The molecule has 1 aromatic carbocycles. The van der Waals surface area contributed by atoms with E-state index in [-0.39, 0.29) is 26.5 Å². The molecule has 2 rings (SSSR count). The first-order valence-corrected chi connectivity index (χ1v) is 7.76. The van der Waals surface area contributed by atoms with Gasteiger partial charge in [0.1, 0.15) is 0 Å². The van der Waals surface area contributed by atoms with Crippen molar-refractivity contribution in [3.05, 3.63) is 62.4 Å². The molecule has 0 saturated carbocycles. The van der Waals surface area contributed by atoms with E-state index in [4.69, 9.17) is 39.5 Å². The normalized spacial score (nSPS) is 11.9. The molecule has 0 bridgehead atoms. The molecular weight excluding hydrogens is 361 g/mol. The predicted octanol–water partition coefficient (Wildman–Crippen LogP) is 4.78. The number of nitrogens with zero attached hydrogens (tertiary/aromatic N) is 1. The van der Waals surface area contributed by atoms with Crippen molar-refractivity contribution in [3.8, 4) is 0 Å². The molecule has 0 radical (unpaired) electrons. The number of ketones is 1. The van der Waals surface area contributed by atoms with Crippen LogP contribution in [0.5, 0.6) is 0 Å². The van der Waals surface area contributed by atoms with E-state index in [0.29, 0.717) is 5.56 Å². The Labute approximate surface area is 148 Å². The molecule has 4 nitrogen and oxygen atoms in total. The van der Waals surface area contributed by atoms with Crippen molar-refractivity contribution in [1.82, 2.24) is 4.98 Å². The summed E-state index contributed by atoms with van der Waals surface area (Å²) in [5, 5.41) is 0.0175. The quantitative estimate of drug-likeness (QED) is 0.572. The summed E-state index contributed by atoms with van der Waals surface area (Å²) < 4.78 is 5.12. The molecule has 0 fully saturated rings. The minimum Gasteiger partial charge on any atom is -0.449 e. The van der Waals surface area contributed by atoms with Crippen LogP contribution in [0.1, 0.15) is 33.3 Å². The van der Waals surface area contributed by atoms with Crippen molar-refractivity contribution in [2.75, 3.05) is 0 Å².